The van der Waals surface area contributed by atoms with Crippen LogP contribution in [-0.2, 0) is 0 Å². The molecule has 1 aromatic carbocycles. The summed E-state index contributed by atoms with van der Waals surface area (Å²) in [6.07, 6.45) is 2.78. The molecule has 0 atom stereocenters. The molecule has 0 spiro atoms. The van der Waals surface area contributed by atoms with E-state index in [1.54, 1.807) is 4.90 Å². The molecule has 1 amide bonds. The number of oxazole rings is 1. The normalized spacial score (nSPS) is 15.4. The predicted molar refractivity (Wildman–Crippen MR) is 89.1 cm³/mol. The van der Waals surface area contributed by atoms with Gasteiger partial charge in [0.15, 0.2) is 17.8 Å². The van der Waals surface area contributed by atoms with E-state index < -0.39 is 0 Å². The van der Waals surface area contributed by atoms with E-state index in [0.717, 1.165) is 18.4 Å². The molecule has 1 saturated heterocycles. The molecule has 25 heavy (non-hydrogen) atoms. The Bertz CT molecular complexity index is 917. The Labute approximate surface area is 143 Å². The number of nitrogens with zero attached hydrogens (tertiary/aromatic N) is 2. The highest BCUT2D eigenvalue weighted by Crippen LogP contribution is 2.29. The molecule has 0 bridgehead atoms. The minimum absolute atomic E-state index is 0.137. The van der Waals surface area contributed by atoms with Crippen molar-refractivity contribution in [2.75, 3.05) is 13.1 Å². The molecule has 1 aliphatic rings. The van der Waals surface area contributed by atoms with Gasteiger partial charge in [-0.05, 0) is 12.8 Å². The highest BCUT2D eigenvalue weighted by molar-refractivity contribution is 5.97. The first kappa shape index (κ1) is 15.4. The molecule has 1 fully saturated rings. The topological polar surface area (TPSA) is 92.3 Å². The lowest BCUT2D eigenvalue weighted by atomic mass is 9.94. The van der Waals surface area contributed by atoms with Gasteiger partial charge < -0.3 is 13.8 Å². The molecule has 3 aromatic rings. The van der Waals surface area contributed by atoms with Crippen molar-refractivity contribution in [3.63, 3.8) is 0 Å². The zero-order valence-electron chi connectivity index (χ0n) is 13.5. The number of piperidine rings is 1. The first-order valence-corrected chi connectivity index (χ1v) is 8.19. The highest BCUT2D eigenvalue weighted by atomic mass is 16.5. The monoisotopic (exact) mass is 339 g/mol. The first-order valence-electron chi connectivity index (χ1n) is 8.19. The van der Waals surface area contributed by atoms with Crippen LogP contribution in [0.25, 0.3) is 11.3 Å². The van der Waals surface area contributed by atoms with E-state index in [2.05, 4.69) is 10.1 Å². The number of amides is 1. The van der Waals surface area contributed by atoms with E-state index in [-0.39, 0.29) is 17.4 Å². The van der Waals surface area contributed by atoms with E-state index in [1.807, 2.05) is 30.3 Å². The van der Waals surface area contributed by atoms with Gasteiger partial charge in [-0.1, -0.05) is 30.3 Å². The second-order valence-electron chi connectivity index (χ2n) is 6.08. The highest BCUT2D eigenvalue weighted by Gasteiger charge is 2.29. The third-order valence-electron chi connectivity index (χ3n) is 4.53. The average Bonchev–Trinajstić information content (AvgIpc) is 3.31. The molecule has 1 N–H and O–H groups in total. The summed E-state index contributed by atoms with van der Waals surface area (Å²) < 4.78 is 10.6. The molecule has 7 nitrogen and oxygen atoms in total. The van der Waals surface area contributed by atoms with Crippen molar-refractivity contribution in [1.29, 1.82) is 0 Å². The summed E-state index contributed by atoms with van der Waals surface area (Å²) in [6.45, 7) is 1.17. The van der Waals surface area contributed by atoms with Gasteiger partial charge in [0.05, 0.1) is 0 Å². The number of carbonyl (C=O) groups is 1. The average molecular weight is 339 g/mol. The van der Waals surface area contributed by atoms with Gasteiger partial charge >= 0.3 is 0 Å². The fraction of sp³-hybridized carbons (Fsp3) is 0.278. The second kappa shape index (κ2) is 6.43. The van der Waals surface area contributed by atoms with Crippen LogP contribution in [0.4, 0.5) is 0 Å². The Balaban J connectivity index is 1.48. The molecular formula is C18H17N3O4. The third kappa shape index (κ3) is 3.00. The summed E-state index contributed by atoms with van der Waals surface area (Å²) in [5, 5.41) is 2.31. The molecule has 0 radical (unpaired) electrons. The molecular weight excluding hydrogens is 322 g/mol. The summed E-state index contributed by atoms with van der Waals surface area (Å²) in [6, 6.07) is 10.9. The molecule has 128 valence electrons. The van der Waals surface area contributed by atoms with Crippen LogP contribution >= 0.6 is 0 Å². The summed E-state index contributed by atoms with van der Waals surface area (Å²) >= 11 is 0. The van der Waals surface area contributed by atoms with Crippen LogP contribution < -0.4 is 5.56 Å². The largest absolute Gasteiger partial charge is 0.443 e. The number of nitrogens with one attached hydrogen (secondary N) is 1. The summed E-state index contributed by atoms with van der Waals surface area (Å²) in [7, 11) is 0. The lowest BCUT2D eigenvalue weighted by molar-refractivity contribution is 0.0701. The van der Waals surface area contributed by atoms with Crippen molar-refractivity contribution < 1.29 is 13.7 Å². The fourth-order valence-corrected chi connectivity index (χ4v) is 3.21. The zero-order valence-corrected chi connectivity index (χ0v) is 13.5. The van der Waals surface area contributed by atoms with Gasteiger partial charge in [-0.2, -0.15) is 5.16 Å². The summed E-state index contributed by atoms with van der Waals surface area (Å²) in [5.74, 6) is 1.16. The molecule has 0 unspecified atom stereocenters. The van der Waals surface area contributed by atoms with Gasteiger partial charge in [0.2, 0.25) is 0 Å². The number of H-pyrrole nitrogens is 1. The maximum atomic E-state index is 12.8. The Morgan fingerprint density at radius 1 is 1.20 bits per heavy atom. The van der Waals surface area contributed by atoms with Crippen molar-refractivity contribution in [2.24, 2.45) is 0 Å². The van der Waals surface area contributed by atoms with E-state index >= 15 is 0 Å². The fourth-order valence-electron chi connectivity index (χ4n) is 3.21. The van der Waals surface area contributed by atoms with E-state index in [9.17, 15) is 9.59 Å². The van der Waals surface area contributed by atoms with Gasteiger partial charge in [0, 0.05) is 30.6 Å². The lowest BCUT2D eigenvalue weighted by Crippen LogP contribution is -2.38. The molecule has 7 heteroatoms. The lowest BCUT2D eigenvalue weighted by Gasteiger charge is -2.30. The van der Waals surface area contributed by atoms with Crippen molar-refractivity contribution >= 4 is 5.91 Å². The van der Waals surface area contributed by atoms with Gasteiger partial charge in [-0.15, -0.1) is 0 Å². The number of aromatic amines is 1. The molecule has 1 aliphatic heterocycles. The molecule has 0 saturated carbocycles. The number of hydrogen-bond acceptors (Lipinski definition) is 5. The molecule has 3 heterocycles. The van der Waals surface area contributed by atoms with Crippen LogP contribution in [0.3, 0.4) is 0 Å². The maximum Gasteiger partial charge on any atom is 0.280 e. The van der Waals surface area contributed by atoms with Crippen LogP contribution in [-0.4, -0.2) is 34.0 Å². The number of benzene rings is 1. The standard InChI is InChI=1S/C18H17N3O4/c22-15-10-14(25-20-15)12-6-8-21(9-7-12)18(23)16-17(24-11-19-16)13-4-2-1-3-5-13/h1-5,10-12H,6-9H2,(H,20,22). The SMILES string of the molecule is O=C(c1ncoc1-c1ccccc1)N1CCC(c2cc(=O)[nH]o2)CC1. The number of carbonyl (C=O) groups excluding carboxylic acids is 1. The van der Waals surface area contributed by atoms with Crippen LogP contribution in [0.2, 0.25) is 0 Å². The number of aromatic nitrogens is 2. The minimum atomic E-state index is -0.233. The molecule has 4 rings (SSSR count). The van der Waals surface area contributed by atoms with Gasteiger partial charge in [0.1, 0.15) is 5.76 Å². The van der Waals surface area contributed by atoms with Crippen LogP contribution in [0, 0.1) is 0 Å². The smallest absolute Gasteiger partial charge is 0.280 e. The summed E-state index contributed by atoms with van der Waals surface area (Å²) in [4.78, 5) is 29.9. The third-order valence-corrected chi connectivity index (χ3v) is 4.53. The minimum Gasteiger partial charge on any atom is -0.443 e. The molecule has 2 aromatic heterocycles. The Hall–Kier alpha value is -3.09. The van der Waals surface area contributed by atoms with E-state index in [1.165, 1.54) is 12.5 Å². The maximum absolute atomic E-state index is 12.8. The van der Waals surface area contributed by atoms with E-state index in [4.69, 9.17) is 8.94 Å². The van der Waals surface area contributed by atoms with E-state index in [0.29, 0.717) is 30.3 Å². The van der Waals surface area contributed by atoms with Gasteiger partial charge in [-0.3, -0.25) is 9.59 Å². The molecule has 0 aliphatic carbocycles. The van der Waals surface area contributed by atoms with Crippen LogP contribution in [0.1, 0.15) is 35.0 Å². The van der Waals surface area contributed by atoms with Crippen LogP contribution in [0.15, 0.2) is 56.5 Å². The number of hydrogen-bond donors (Lipinski definition) is 1. The van der Waals surface area contributed by atoms with Crippen molar-refractivity contribution in [3.05, 3.63) is 64.6 Å². The predicted octanol–water partition coefficient (Wildman–Crippen LogP) is 2.64. The zero-order chi connectivity index (χ0) is 17.2. The second-order valence-corrected chi connectivity index (χ2v) is 6.08. The number of rotatable bonds is 3. The van der Waals surface area contributed by atoms with Crippen molar-refractivity contribution in [1.82, 2.24) is 15.0 Å². The number of likely N-dealkylation sites (tertiary alicyclic amines) is 1. The quantitative estimate of drug-likeness (QED) is 0.792. The van der Waals surface area contributed by atoms with Crippen molar-refractivity contribution in [2.45, 2.75) is 18.8 Å². The first-order chi connectivity index (χ1) is 12.2. The van der Waals surface area contributed by atoms with Crippen LogP contribution in [0.5, 0.6) is 0 Å². The Kier molecular flexibility index (Phi) is 3.97. The summed E-state index contributed by atoms with van der Waals surface area (Å²) in [5.41, 5.74) is 0.925. The van der Waals surface area contributed by atoms with Crippen molar-refractivity contribution in [3.8, 4) is 11.3 Å². The Morgan fingerprint density at radius 2 is 1.96 bits per heavy atom. The Morgan fingerprint density at radius 3 is 2.64 bits per heavy atom. The van der Waals surface area contributed by atoms with Gasteiger partial charge in [-0.25, -0.2) is 4.98 Å². The van der Waals surface area contributed by atoms with Gasteiger partial charge in [0.25, 0.3) is 11.5 Å².